The van der Waals surface area contributed by atoms with Gasteiger partial charge in [-0.05, 0) is 74.2 Å². The molecule has 3 saturated carbocycles. The summed E-state index contributed by atoms with van der Waals surface area (Å²) in [5.74, 6) is -0.323. The van der Waals surface area contributed by atoms with E-state index in [1.54, 1.807) is 6.08 Å². The fourth-order valence-electron chi connectivity index (χ4n) is 7.69. The Bertz CT molecular complexity index is 817. The second-order valence-corrected chi connectivity index (χ2v) is 10.8. The van der Waals surface area contributed by atoms with Gasteiger partial charge in [0.25, 0.3) is 0 Å². The van der Waals surface area contributed by atoms with Crippen molar-refractivity contribution in [1.82, 2.24) is 0 Å². The number of fused-ring (bicyclic) bond motifs is 5. The van der Waals surface area contributed by atoms with Crippen molar-refractivity contribution in [3.05, 3.63) is 11.6 Å². The first kappa shape index (κ1) is 22.7. The first-order valence-corrected chi connectivity index (χ1v) is 11.9. The van der Waals surface area contributed by atoms with E-state index in [1.165, 1.54) is 5.57 Å². The summed E-state index contributed by atoms with van der Waals surface area (Å²) >= 11 is 0. The molecule has 0 aromatic rings. The molecule has 31 heavy (non-hydrogen) atoms. The SMILES string of the molecule is CCCC(=O)OCC(=O)[C@@]1(O)CC[C@H]2[C@@H]3CCC4=CC(=O)CC[C@]4(C)[C@H]3C(O)C[C@@]21C. The number of rotatable bonds is 5. The van der Waals surface area contributed by atoms with Gasteiger partial charge in [0.1, 0.15) is 5.60 Å². The average molecular weight is 433 g/mol. The summed E-state index contributed by atoms with van der Waals surface area (Å²) in [6.07, 6.45) is 6.46. The first-order valence-electron chi connectivity index (χ1n) is 11.9. The molecule has 2 N–H and O–H groups in total. The Morgan fingerprint density at radius 2 is 1.94 bits per heavy atom. The Morgan fingerprint density at radius 3 is 2.65 bits per heavy atom. The molecular weight excluding hydrogens is 396 g/mol. The van der Waals surface area contributed by atoms with Gasteiger partial charge >= 0.3 is 5.97 Å². The lowest BCUT2D eigenvalue weighted by molar-refractivity contribution is -0.184. The first-order chi connectivity index (χ1) is 14.6. The molecule has 0 radical (unpaired) electrons. The lowest BCUT2D eigenvalue weighted by Crippen LogP contribution is -2.62. The summed E-state index contributed by atoms with van der Waals surface area (Å²) in [5, 5.41) is 23.0. The van der Waals surface area contributed by atoms with Gasteiger partial charge in [0.15, 0.2) is 12.4 Å². The van der Waals surface area contributed by atoms with Crippen LogP contribution in [0.15, 0.2) is 11.6 Å². The van der Waals surface area contributed by atoms with Gasteiger partial charge in [0, 0.05) is 18.3 Å². The van der Waals surface area contributed by atoms with Crippen LogP contribution in [0.2, 0.25) is 0 Å². The molecule has 3 fully saturated rings. The number of aliphatic hydroxyl groups is 2. The van der Waals surface area contributed by atoms with Gasteiger partial charge in [-0.25, -0.2) is 0 Å². The van der Waals surface area contributed by atoms with Crippen LogP contribution in [0, 0.1) is 28.6 Å². The van der Waals surface area contributed by atoms with Gasteiger partial charge in [-0.15, -0.1) is 0 Å². The van der Waals surface area contributed by atoms with Crippen LogP contribution in [0.3, 0.4) is 0 Å². The van der Waals surface area contributed by atoms with Gasteiger partial charge in [-0.2, -0.15) is 0 Å². The van der Waals surface area contributed by atoms with Crippen LogP contribution in [-0.4, -0.2) is 46.1 Å². The maximum absolute atomic E-state index is 13.1. The number of esters is 1. The number of ketones is 2. The molecule has 0 aromatic heterocycles. The van der Waals surface area contributed by atoms with Crippen LogP contribution in [0.25, 0.3) is 0 Å². The number of hydrogen-bond donors (Lipinski definition) is 2. The lowest BCUT2D eigenvalue weighted by Gasteiger charge is -2.60. The fraction of sp³-hybridized carbons (Fsp3) is 0.800. The highest BCUT2D eigenvalue weighted by Crippen LogP contribution is 2.67. The van der Waals surface area contributed by atoms with Crippen molar-refractivity contribution < 1.29 is 29.3 Å². The highest BCUT2D eigenvalue weighted by Gasteiger charge is 2.68. The Balaban J connectivity index is 1.59. The molecule has 7 atom stereocenters. The molecule has 4 aliphatic rings. The molecule has 4 rings (SSSR count). The van der Waals surface area contributed by atoms with Gasteiger partial charge in [0.05, 0.1) is 6.10 Å². The third kappa shape index (κ3) is 3.32. The van der Waals surface area contributed by atoms with Crippen molar-refractivity contribution in [3.8, 4) is 0 Å². The molecule has 0 bridgehead atoms. The third-order valence-corrected chi connectivity index (χ3v) is 9.33. The van der Waals surface area contributed by atoms with E-state index >= 15 is 0 Å². The number of aliphatic hydroxyl groups excluding tert-OH is 1. The number of allylic oxidation sites excluding steroid dienone is 1. The molecule has 1 unspecified atom stereocenters. The van der Waals surface area contributed by atoms with Crippen LogP contribution in [0.1, 0.15) is 78.6 Å². The van der Waals surface area contributed by atoms with E-state index in [9.17, 15) is 24.6 Å². The Kier molecular flexibility index (Phi) is 5.70. The molecule has 0 spiro atoms. The van der Waals surface area contributed by atoms with Crippen LogP contribution in [0.5, 0.6) is 0 Å². The van der Waals surface area contributed by atoms with E-state index in [-0.39, 0.29) is 35.4 Å². The number of Topliss-reactive ketones (excluding diaryl/α,β-unsaturated/α-hetero) is 1. The van der Waals surface area contributed by atoms with Gasteiger partial charge < -0.3 is 14.9 Å². The average Bonchev–Trinajstić information content (AvgIpc) is 2.98. The molecule has 6 heteroatoms. The van der Waals surface area contributed by atoms with Crippen molar-refractivity contribution in [3.63, 3.8) is 0 Å². The fourth-order valence-corrected chi connectivity index (χ4v) is 7.69. The Morgan fingerprint density at radius 1 is 1.19 bits per heavy atom. The highest BCUT2D eigenvalue weighted by atomic mass is 16.5. The van der Waals surface area contributed by atoms with Crippen molar-refractivity contribution >= 4 is 17.5 Å². The van der Waals surface area contributed by atoms with Crippen molar-refractivity contribution in [2.75, 3.05) is 6.61 Å². The standard InChI is InChI=1S/C25H36O6/c1-4-5-21(29)31-14-20(28)25(30)11-9-18-17-7-6-15-12-16(26)8-10-23(15,2)22(17)19(27)13-24(18,25)3/h12,17-19,22,27,30H,4-11,13-14H2,1-3H3/t17-,18-,19?,22+,23-,24-,25-/m0/s1. The van der Waals surface area contributed by atoms with Crippen molar-refractivity contribution in [2.24, 2.45) is 28.6 Å². The summed E-state index contributed by atoms with van der Waals surface area (Å²) < 4.78 is 5.13. The maximum atomic E-state index is 13.1. The summed E-state index contributed by atoms with van der Waals surface area (Å²) in [6.45, 7) is 5.59. The quantitative estimate of drug-likeness (QED) is 0.648. The monoisotopic (exact) mass is 432 g/mol. The maximum Gasteiger partial charge on any atom is 0.306 e. The minimum Gasteiger partial charge on any atom is -0.458 e. The van der Waals surface area contributed by atoms with Crippen molar-refractivity contribution in [1.29, 1.82) is 0 Å². The Hall–Kier alpha value is -1.53. The van der Waals surface area contributed by atoms with Gasteiger partial charge in [-0.1, -0.05) is 26.3 Å². The predicted molar refractivity (Wildman–Crippen MR) is 114 cm³/mol. The summed E-state index contributed by atoms with van der Waals surface area (Å²) in [5.41, 5.74) is -1.36. The molecule has 0 amide bonds. The van der Waals surface area contributed by atoms with E-state index < -0.39 is 35.5 Å². The molecule has 0 aromatic carbocycles. The van der Waals surface area contributed by atoms with Crippen LogP contribution in [0.4, 0.5) is 0 Å². The highest BCUT2D eigenvalue weighted by molar-refractivity contribution is 5.92. The number of hydrogen-bond acceptors (Lipinski definition) is 6. The molecular formula is C25H36O6. The predicted octanol–water partition coefficient (Wildman–Crippen LogP) is 3.13. The van der Waals surface area contributed by atoms with Gasteiger partial charge in [-0.3, -0.25) is 14.4 Å². The Labute approximate surface area is 184 Å². The molecule has 4 aliphatic carbocycles. The van der Waals surface area contributed by atoms with Gasteiger partial charge in [0.2, 0.25) is 5.78 Å². The second-order valence-electron chi connectivity index (χ2n) is 10.8. The van der Waals surface area contributed by atoms with Crippen LogP contribution in [-0.2, 0) is 19.1 Å². The van der Waals surface area contributed by atoms with E-state index in [4.69, 9.17) is 4.74 Å². The summed E-state index contributed by atoms with van der Waals surface area (Å²) in [6, 6.07) is 0. The van der Waals surface area contributed by atoms with Crippen LogP contribution < -0.4 is 0 Å². The number of carbonyl (C=O) groups excluding carboxylic acids is 3. The zero-order valence-corrected chi connectivity index (χ0v) is 19.0. The normalized spacial score (nSPS) is 44.0. The molecule has 0 saturated heterocycles. The lowest BCUT2D eigenvalue weighted by atomic mass is 9.45. The van der Waals surface area contributed by atoms with E-state index in [1.807, 2.05) is 13.8 Å². The topological polar surface area (TPSA) is 101 Å². The molecule has 0 heterocycles. The third-order valence-electron chi connectivity index (χ3n) is 9.33. The van der Waals surface area contributed by atoms with E-state index in [0.717, 1.165) is 25.7 Å². The zero-order chi connectivity index (χ0) is 22.6. The summed E-state index contributed by atoms with van der Waals surface area (Å²) in [4.78, 5) is 36.8. The number of carbonyl (C=O) groups is 3. The largest absolute Gasteiger partial charge is 0.458 e. The van der Waals surface area contributed by atoms with Crippen LogP contribution >= 0.6 is 0 Å². The minimum absolute atomic E-state index is 0.0403. The number of ether oxygens (including phenoxy) is 1. The van der Waals surface area contributed by atoms with Crippen molar-refractivity contribution in [2.45, 2.75) is 90.3 Å². The molecule has 172 valence electrons. The summed E-state index contributed by atoms with van der Waals surface area (Å²) in [7, 11) is 0. The van der Waals surface area contributed by atoms with E-state index in [0.29, 0.717) is 25.7 Å². The minimum atomic E-state index is -1.59. The second kappa shape index (κ2) is 7.80. The molecule has 6 nitrogen and oxygen atoms in total. The smallest absolute Gasteiger partial charge is 0.306 e. The zero-order valence-electron chi connectivity index (χ0n) is 19.0. The molecule has 0 aliphatic heterocycles. The van der Waals surface area contributed by atoms with E-state index in [2.05, 4.69) is 6.92 Å².